The van der Waals surface area contributed by atoms with Gasteiger partial charge in [0.25, 0.3) is 0 Å². The van der Waals surface area contributed by atoms with Gasteiger partial charge >= 0.3 is 0 Å². The molecule has 1 aromatic carbocycles. The highest BCUT2D eigenvalue weighted by Crippen LogP contribution is 2.30. The van der Waals surface area contributed by atoms with Gasteiger partial charge in [-0.15, -0.1) is 10.2 Å². The molecule has 21 heavy (non-hydrogen) atoms. The quantitative estimate of drug-likeness (QED) is 0.879. The molecular weight excluding hydrogens is 313 g/mol. The van der Waals surface area contributed by atoms with E-state index in [0.29, 0.717) is 33.9 Å². The monoisotopic (exact) mass is 329 g/mol. The van der Waals surface area contributed by atoms with E-state index in [0.717, 1.165) is 6.54 Å². The maximum Gasteiger partial charge on any atom is 0.249 e. The summed E-state index contributed by atoms with van der Waals surface area (Å²) in [5.74, 6) is 0.852. The van der Waals surface area contributed by atoms with Crippen LogP contribution in [0.15, 0.2) is 22.6 Å². The fourth-order valence-electron chi connectivity index (χ4n) is 2.09. The Balaban J connectivity index is 2.24. The van der Waals surface area contributed by atoms with Gasteiger partial charge in [0, 0.05) is 11.6 Å². The number of benzene rings is 1. The van der Waals surface area contributed by atoms with Crippen LogP contribution in [0.4, 0.5) is 0 Å². The zero-order chi connectivity index (χ0) is 15.4. The molecule has 114 valence electrons. The molecule has 7 heteroatoms. The molecule has 2 rings (SSSR count). The molecule has 0 aliphatic heterocycles. The lowest BCUT2D eigenvalue weighted by atomic mass is 10.2. The summed E-state index contributed by atoms with van der Waals surface area (Å²) in [6.45, 7) is 5.39. The predicted molar refractivity (Wildman–Crippen MR) is 82.5 cm³/mol. The van der Waals surface area contributed by atoms with E-state index in [2.05, 4.69) is 10.2 Å². The SMILES string of the molecule is CCN(CCO)C(C)c1nnc(-c2ccc(Cl)cc2Cl)o1. The Hall–Kier alpha value is -1.14. The van der Waals surface area contributed by atoms with Gasteiger partial charge in [0.15, 0.2) is 0 Å². The largest absolute Gasteiger partial charge is 0.419 e. The molecule has 1 aromatic heterocycles. The molecule has 0 bridgehead atoms. The van der Waals surface area contributed by atoms with Crippen molar-refractivity contribution in [2.45, 2.75) is 19.9 Å². The van der Waals surface area contributed by atoms with Gasteiger partial charge in [0.05, 0.1) is 23.2 Å². The molecule has 1 atom stereocenters. The molecule has 0 aliphatic rings. The number of aromatic nitrogens is 2. The third kappa shape index (κ3) is 3.74. The van der Waals surface area contributed by atoms with Gasteiger partial charge in [-0.3, -0.25) is 4.90 Å². The number of hydrogen-bond donors (Lipinski definition) is 1. The number of rotatable bonds is 6. The Labute approximate surface area is 133 Å². The molecular formula is C14H17Cl2N3O2. The van der Waals surface area contributed by atoms with E-state index in [1.807, 2.05) is 18.7 Å². The Bertz CT molecular complexity index is 604. The fourth-order valence-corrected chi connectivity index (χ4v) is 2.57. The van der Waals surface area contributed by atoms with Crippen LogP contribution in [-0.2, 0) is 0 Å². The van der Waals surface area contributed by atoms with Crippen LogP contribution < -0.4 is 0 Å². The fraction of sp³-hybridized carbons (Fsp3) is 0.429. The molecule has 0 saturated heterocycles. The second-order valence-electron chi connectivity index (χ2n) is 4.60. The number of likely N-dealkylation sites (N-methyl/N-ethyl adjacent to an activating group) is 1. The molecule has 0 amide bonds. The van der Waals surface area contributed by atoms with Gasteiger partial charge < -0.3 is 9.52 Å². The van der Waals surface area contributed by atoms with Crippen LogP contribution in [0, 0.1) is 0 Å². The molecule has 2 aromatic rings. The van der Waals surface area contributed by atoms with Gasteiger partial charge in [-0.05, 0) is 31.7 Å². The average Bonchev–Trinajstić information content (AvgIpc) is 2.93. The summed E-state index contributed by atoms with van der Waals surface area (Å²) in [7, 11) is 0. The Morgan fingerprint density at radius 2 is 2.10 bits per heavy atom. The molecule has 1 N–H and O–H groups in total. The van der Waals surface area contributed by atoms with Crippen molar-refractivity contribution in [2.24, 2.45) is 0 Å². The Morgan fingerprint density at radius 1 is 1.33 bits per heavy atom. The van der Waals surface area contributed by atoms with Crippen LogP contribution in [-0.4, -0.2) is 39.9 Å². The first-order chi connectivity index (χ1) is 10.1. The molecule has 0 spiro atoms. The highest BCUT2D eigenvalue weighted by atomic mass is 35.5. The van der Waals surface area contributed by atoms with E-state index >= 15 is 0 Å². The lowest BCUT2D eigenvalue weighted by molar-refractivity contribution is 0.149. The van der Waals surface area contributed by atoms with Crippen molar-refractivity contribution in [3.8, 4) is 11.5 Å². The number of hydrogen-bond acceptors (Lipinski definition) is 5. The Kier molecular flexibility index (Phi) is 5.58. The zero-order valence-electron chi connectivity index (χ0n) is 11.9. The van der Waals surface area contributed by atoms with Gasteiger partial charge in [0.2, 0.25) is 11.8 Å². The number of aliphatic hydroxyl groups excluding tert-OH is 1. The smallest absolute Gasteiger partial charge is 0.249 e. The summed E-state index contributed by atoms with van der Waals surface area (Å²) < 4.78 is 5.71. The first-order valence-corrected chi connectivity index (χ1v) is 7.46. The van der Waals surface area contributed by atoms with Gasteiger partial charge in [-0.1, -0.05) is 30.1 Å². The van der Waals surface area contributed by atoms with Crippen LogP contribution in [0.1, 0.15) is 25.8 Å². The van der Waals surface area contributed by atoms with Crippen molar-refractivity contribution < 1.29 is 9.52 Å². The summed E-state index contributed by atoms with van der Waals surface area (Å²) in [6, 6.07) is 5.03. The summed E-state index contributed by atoms with van der Waals surface area (Å²) in [5.41, 5.74) is 0.650. The van der Waals surface area contributed by atoms with E-state index < -0.39 is 0 Å². The maximum atomic E-state index is 9.07. The maximum absolute atomic E-state index is 9.07. The third-order valence-corrected chi connectivity index (χ3v) is 3.85. The van der Waals surface area contributed by atoms with Crippen LogP contribution in [0.25, 0.3) is 11.5 Å². The standard InChI is InChI=1S/C14H17Cl2N3O2/c1-3-19(6-7-20)9(2)13-17-18-14(21-13)11-5-4-10(15)8-12(11)16/h4-5,8-9,20H,3,6-7H2,1-2H3. The van der Waals surface area contributed by atoms with Crippen molar-refractivity contribution in [3.05, 3.63) is 34.1 Å². The number of aliphatic hydroxyl groups is 1. The van der Waals surface area contributed by atoms with Crippen molar-refractivity contribution in [2.75, 3.05) is 19.7 Å². The first-order valence-electron chi connectivity index (χ1n) is 6.70. The highest BCUT2D eigenvalue weighted by Gasteiger charge is 2.21. The Morgan fingerprint density at radius 3 is 2.71 bits per heavy atom. The van der Waals surface area contributed by atoms with Gasteiger partial charge in [-0.25, -0.2) is 0 Å². The van der Waals surface area contributed by atoms with Crippen LogP contribution in [0.2, 0.25) is 10.0 Å². The minimum absolute atomic E-state index is 0.0746. The van der Waals surface area contributed by atoms with Crippen molar-refractivity contribution in [3.63, 3.8) is 0 Å². The van der Waals surface area contributed by atoms with Crippen molar-refractivity contribution in [1.82, 2.24) is 15.1 Å². The number of halogens is 2. The summed E-state index contributed by atoms with van der Waals surface area (Å²) in [5, 5.41) is 18.2. The average molecular weight is 330 g/mol. The van der Waals surface area contributed by atoms with Crippen molar-refractivity contribution in [1.29, 1.82) is 0 Å². The molecule has 0 radical (unpaired) electrons. The predicted octanol–water partition coefficient (Wildman–Crippen LogP) is 3.42. The molecule has 0 fully saturated rings. The summed E-state index contributed by atoms with van der Waals surface area (Å²) in [6.07, 6.45) is 0. The van der Waals surface area contributed by atoms with Crippen LogP contribution in [0.3, 0.4) is 0 Å². The van der Waals surface area contributed by atoms with E-state index in [9.17, 15) is 0 Å². The summed E-state index contributed by atoms with van der Waals surface area (Å²) in [4.78, 5) is 2.04. The second kappa shape index (κ2) is 7.22. The van der Waals surface area contributed by atoms with Crippen molar-refractivity contribution >= 4 is 23.2 Å². The third-order valence-electron chi connectivity index (χ3n) is 3.30. The molecule has 5 nitrogen and oxygen atoms in total. The van der Waals surface area contributed by atoms with Gasteiger partial charge in [-0.2, -0.15) is 0 Å². The van der Waals surface area contributed by atoms with E-state index in [-0.39, 0.29) is 12.6 Å². The van der Waals surface area contributed by atoms with Gasteiger partial charge in [0.1, 0.15) is 0 Å². The second-order valence-corrected chi connectivity index (χ2v) is 5.44. The lowest BCUT2D eigenvalue weighted by Crippen LogP contribution is -2.29. The zero-order valence-corrected chi connectivity index (χ0v) is 13.4. The van der Waals surface area contributed by atoms with Crippen LogP contribution in [0.5, 0.6) is 0 Å². The molecule has 1 unspecified atom stereocenters. The molecule has 0 aliphatic carbocycles. The first kappa shape index (κ1) is 16.2. The molecule has 1 heterocycles. The van der Waals surface area contributed by atoms with E-state index in [4.69, 9.17) is 32.7 Å². The van der Waals surface area contributed by atoms with E-state index in [1.165, 1.54) is 0 Å². The lowest BCUT2D eigenvalue weighted by Gasteiger charge is -2.23. The van der Waals surface area contributed by atoms with E-state index in [1.54, 1.807) is 18.2 Å². The topological polar surface area (TPSA) is 62.4 Å². The number of nitrogens with zero attached hydrogens (tertiary/aromatic N) is 3. The normalized spacial score (nSPS) is 12.9. The minimum atomic E-state index is -0.0746. The highest BCUT2D eigenvalue weighted by molar-refractivity contribution is 6.36. The molecule has 0 saturated carbocycles. The summed E-state index contributed by atoms with van der Waals surface area (Å²) >= 11 is 12.0. The minimum Gasteiger partial charge on any atom is -0.419 e. The van der Waals surface area contributed by atoms with Crippen LogP contribution >= 0.6 is 23.2 Å².